The minimum atomic E-state index is 0.0376. The molecule has 0 unspecified atom stereocenters. The van der Waals surface area contributed by atoms with Gasteiger partial charge in [-0.05, 0) is 26.0 Å². The Morgan fingerprint density at radius 1 is 1.67 bits per heavy atom. The van der Waals surface area contributed by atoms with E-state index < -0.39 is 0 Å². The first-order valence-corrected chi connectivity index (χ1v) is 3.92. The van der Waals surface area contributed by atoms with Crippen LogP contribution in [0.5, 0.6) is 0 Å². The Hall–Kier alpha value is -1.31. The Labute approximate surface area is 71.9 Å². The summed E-state index contributed by atoms with van der Waals surface area (Å²) >= 11 is 0. The molecule has 0 aliphatic carbocycles. The first-order valence-electron chi connectivity index (χ1n) is 3.92. The molecule has 0 fully saturated rings. The lowest BCUT2D eigenvalue weighted by Crippen LogP contribution is -1.96. The van der Waals surface area contributed by atoms with Gasteiger partial charge in [-0.15, -0.1) is 0 Å². The maximum atomic E-state index is 11.3. The molecular formula is C10H12O2. The predicted molar refractivity (Wildman–Crippen MR) is 47.1 cm³/mol. The van der Waals surface area contributed by atoms with Gasteiger partial charge < -0.3 is 4.42 Å². The first-order chi connectivity index (χ1) is 5.74. The number of hydrogen-bond acceptors (Lipinski definition) is 2. The van der Waals surface area contributed by atoms with E-state index in [1.54, 1.807) is 12.1 Å². The number of hydrogen-bond donors (Lipinski definition) is 0. The third kappa shape index (κ3) is 2.09. The Morgan fingerprint density at radius 3 is 2.92 bits per heavy atom. The summed E-state index contributed by atoms with van der Waals surface area (Å²) in [5.74, 6) is 0.479. The van der Waals surface area contributed by atoms with E-state index in [-0.39, 0.29) is 5.78 Å². The van der Waals surface area contributed by atoms with Crippen LogP contribution >= 0.6 is 0 Å². The molecule has 0 aromatic carbocycles. The molecule has 0 N–H and O–H groups in total. The fourth-order valence-electron chi connectivity index (χ4n) is 0.880. The predicted octanol–water partition coefficient (Wildman–Crippen LogP) is 2.82. The van der Waals surface area contributed by atoms with Gasteiger partial charge in [-0.1, -0.05) is 11.6 Å². The van der Waals surface area contributed by atoms with Gasteiger partial charge in [0.1, 0.15) is 0 Å². The Kier molecular flexibility index (Phi) is 2.86. The van der Waals surface area contributed by atoms with Crippen LogP contribution in [0.4, 0.5) is 0 Å². The van der Waals surface area contributed by atoms with Gasteiger partial charge in [0.25, 0.3) is 0 Å². The summed E-state index contributed by atoms with van der Waals surface area (Å²) in [5.41, 5.74) is 1.07. The lowest BCUT2D eigenvalue weighted by molar-refractivity contribution is 0.0966. The van der Waals surface area contributed by atoms with Crippen molar-refractivity contribution in [3.05, 3.63) is 35.8 Å². The molecule has 0 radical (unpaired) electrons. The van der Waals surface area contributed by atoms with Gasteiger partial charge in [-0.2, -0.15) is 0 Å². The maximum Gasteiger partial charge on any atom is 0.201 e. The smallest absolute Gasteiger partial charge is 0.201 e. The Morgan fingerprint density at radius 2 is 2.42 bits per heavy atom. The van der Waals surface area contributed by atoms with Gasteiger partial charge >= 0.3 is 0 Å². The standard InChI is InChI=1S/C10H12O2/c1-3-8(2)7-9(11)10-5-4-6-12-10/h3-6H,7H2,1-2H3/b8-3-. The van der Waals surface area contributed by atoms with Crippen molar-refractivity contribution in [1.29, 1.82) is 0 Å². The summed E-state index contributed by atoms with van der Waals surface area (Å²) < 4.78 is 4.96. The van der Waals surface area contributed by atoms with Crippen molar-refractivity contribution in [2.24, 2.45) is 0 Å². The summed E-state index contributed by atoms with van der Waals surface area (Å²) in [6, 6.07) is 3.41. The van der Waals surface area contributed by atoms with E-state index in [2.05, 4.69) is 0 Å². The monoisotopic (exact) mass is 164 g/mol. The van der Waals surface area contributed by atoms with Gasteiger partial charge in [0.05, 0.1) is 6.26 Å². The van der Waals surface area contributed by atoms with E-state index in [0.29, 0.717) is 12.2 Å². The molecule has 12 heavy (non-hydrogen) atoms. The lowest BCUT2D eigenvalue weighted by Gasteiger charge is -1.95. The van der Waals surface area contributed by atoms with Crippen LogP contribution in [0.15, 0.2) is 34.5 Å². The first kappa shape index (κ1) is 8.78. The average molecular weight is 164 g/mol. The van der Waals surface area contributed by atoms with E-state index in [0.717, 1.165) is 5.57 Å². The van der Waals surface area contributed by atoms with Crippen LogP contribution in [0.25, 0.3) is 0 Å². The largest absolute Gasteiger partial charge is 0.461 e. The quantitative estimate of drug-likeness (QED) is 0.508. The number of furan rings is 1. The second kappa shape index (κ2) is 3.90. The number of allylic oxidation sites excluding steroid dienone is 2. The summed E-state index contributed by atoms with van der Waals surface area (Å²) in [7, 11) is 0. The second-order valence-corrected chi connectivity index (χ2v) is 2.71. The van der Waals surface area contributed by atoms with Gasteiger partial charge in [-0.3, -0.25) is 4.79 Å². The molecule has 0 spiro atoms. The zero-order valence-corrected chi connectivity index (χ0v) is 7.33. The number of carbonyl (C=O) groups excluding carboxylic acids is 1. The van der Waals surface area contributed by atoms with Gasteiger partial charge in [0, 0.05) is 6.42 Å². The van der Waals surface area contributed by atoms with E-state index in [1.165, 1.54) is 6.26 Å². The van der Waals surface area contributed by atoms with Crippen LogP contribution in [0, 0.1) is 0 Å². The number of carbonyl (C=O) groups is 1. The zero-order chi connectivity index (χ0) is 8.97. The summed E-state index contributed by atoms with van der Waals surface area (Å²) in [4.78, 5) is 11.3. The average Bonchev–Trinajstić information content (AvgIpc) is 2.56. The Balaban J connectivity index is 2.62. The molecule has 1 aromatic heterocycles. The minimum absolute atomic E-state index is 0.0376. The van der Waals surface area contributed by atoms with Gasteiger partial charge in [0.2, 0.25) is 5.78 Å². The topological polar surface area (TPSA) is 30.2 Å². The molecule has 2 heteroatoms. The summed E-state index contributed by atoms with van der Waals surface area (Å²) in [5, 5.41) is 0. The second-order valence-electron chi connectivity index (χ2n) is 2.71. The minimum Gasteiger partial charge on any atom is -0.461 e. The SMILES string of the molecule is C/C=C(/C)CC(=O)c1ccco1. The molecular weight excluding hydrogens is 152 g/mol. The summed E-state index contributed by atoms with van der Waals surface area (Å²) in [6.07, 6.45) is 3.89. The van der Waals surface area contributed by atoms with E-state index >= 15 is 0 Å². The van der Waals surface area contributed by atoms with E-state index in [9.17, 15) is 4.79 Å². The number of ketones is 1. The molecule has 0 saturated carbocycles. The number of Topliss-reactive ketones (excluding diaryl/α,β-unsaturated/α-hetero) is 1. The molecule has 1 rings (SSSR count). The molecule has 64 valence electrons. The van der Waals surface area contributed by atoms with Crippen LogP contribution in [-0.4, -0.2) is 5.78 Å². The molecule has 0 bridgehead atoms. The molecule has 0 saturated heterocycles. The van der Waals surface area contributed by atoms with Crippen LogP contribution in [0.3, 0.4) is 0 Å². The van der Waals surface area contributed by atoms with Crippen LogP contribution in [0.1, 0.15) is 30.8 Å². The highest BCUT2D eigenvalue weighted by atomic mass is 16.3. The molecule has 2 nitrogen and oxygen atoms in total. The Bertz CT molecular complexity index is 281. The fourth-order valence-corrected chi connectivity index (χ4v) is 0.880. The van der Waals surface area contributed by atoms with Crippen molar-refractivity contribution >= 4 is 5.78 Å². The third-order valence-corrected chi connectivity index (χ3v) is 1.73. The summed E-state index contributed by atoms with van der Waals surface area (Å²) in [6.45, 7) is 3.85. The van der Waals surface area contributed by atoms with Crippen molar-refractivity contribution in [3.63, 3.8) is 0 Å². The molecule has 0 amide bonds. The molecule has 0 aliphatic heterocycles. The van der Waals surface area contributed by atoms with E-state index in [1.807, 2.05) is 19.9 Å². The van der Waals surface area contributed by atoms with Crippen molar-refractivity contribution in [1.82, 2.24) is 0 Å². The van der Waals surface area contributed by atoms with Crippen molar-refractivity contribution in [3.8, 4) is 0 Å². The maximum absolute atomic E-state index is 11.3. The van der Waals surface area contributed by atoms with Crippen LogP contribution < -0.4 is 0 Å². The molecule has 0 aliphatic rings. The number of rotatable bonds is 3. The van der Waals surface area contributed by atoms with Crippen LogP contribution in [-0.2, 0) is 0 Å². The molecule has 1 heterocycles. The van der Waals surface area contributed by atoms with Crippen molar-refractivity contribution in [2.45, 2.75) is 20.3 Å². The molecule has 0 atom stereocenters. The normalized spacial score (nSPS) is 11.7. The highest BCUT2D eigenvalue weighted by Crippen LogP contribution is 2.08. The highest BCUT2D eigenvalue weighted by molar-refractivity contribution is 5.94. The van der Waals surface area contributed by atoms with Crippen LogP contribution in [0.2, 0.25) is 0 Å². The molecule has 1 aromatic rings. The van der Waals surface area contributed by atoms with E-state index in [4.69, 9.17) is 4.42 Å². The van der Waals surface area contributed by atoms with Gasteiger partial charge in [0.15, 0.2) is 5.76 Å². The lowest BCUT2D eigenvalue weighted by atomic mass is 10.1. The fraction of sp³-hybridized carbons (Fsp3) is 0.300. The van der Waals surface area contributed by atoms with Crippen molar-refractivity contribution in [2.75, 3.05) is 0 Å². The van der Waals surface area contributed by atoms with Gasteiger partial charge in [-0.25, -0.2) is 0 Å². The zero-order valence-electron chi connectivity index (χ0n) is 7.33. The third-order valence-electron chi connectivity index (χ3n) is 1.73. The van der Waals surface area contributed by atoms with Crippen molar-refractivity contribution < 1.29 is 9.21 Å². The highest BCUT2D eigenvalue weighted by Gasteiger charge is 2.07.